The largest absolute Gasteiger partial charge is 0.375 e. The molecule has 0 saturated heterocycles. The molecule has 1 unspecified atom stereocenters. The molecule has 3 aromatic heterocycles. The molecule has 0 aliphatic rings. The highest BCUT2D eigenvalue weighted by Crippen LogP contribution is 2.20. The van der Waals surface area contributed by atoms with Crippen molar-refractivity contribution in [2.24, 2.45) is 0 Å². The maximum atomic E-state index is 12.3. The zero-order valence-corrected chi connectivity index (χ0v) is 14.8. The summed E-state index contributed by atoms with van der Waals surface area (Å²) in [6.07, 6.45) is 5.82. The minimum atomic E-state index is -0.231. The van der Waals surface area contributed by atoms with Gasteiger partial charge in [-0.3, -0.25) is 14.8 Å². The molecule has 0 aromatic carbocycles. The van der Waals surface area contributed by atoms with E-state index in [-0.39, 0.29) is 11.9 Å². The van der Waals surface area contributed by atoms with Gasteiger partial charge >= 0.3 is 0 Å². The summed E-state index contributed by atoms with van der Waals surface area (Å²) in [5.74, 6) is 0.522. The van der Waals surface area contributed by atoms with Crippen LogP contribution in [0.15, 0.2) is 53.4 Å². The van der Waals surface area contributed by atoms with Crippen LogP contribution in [0.25, 0.3) is 0 Å². The number of nitrogens with zero attached hydrogens (tertiary/aromatic N) is 3. The van der Waals surface area contributed by atoms with Crippen LogP contribution < -0.4 is 10.6 Å². The maximum absolute atomic E-state index is 12.3. The molecule has 1 amide bonds. The standard InChI is InChI=1S/C19H21N5O2/c1-3-15-11-18(26-24-15)13(2)23-16-6-9-21-17(10-16)19(25)22-12-14-4-7-20-8-5-14/h4-11,13H,3,12H2,1-2H3,(H,21,23)(H,22,25). The third-order valence-electron chi connectivity index (χ3n) is 3.94. The van der Waals surface area contributed by atoms with Crippen molar-refractivity contribution >= 4 is 11.6 Å². The molecule has 2 N–H and O–H groups in total. The molecule has 0 saturated carbocycles. The summed E-state index contributed by atoms with van der Waals surface area (Å²) < 4.78 is 5.34. The molecule has 0 aliphatic carbocycles. The van der Waals surface area contributed by atoms with Crippen LogP contribution in [0.5, 0.6) is 0 Å². The Morgan fingerprint density at radius 1 is 1.19 bits per heavy atom. The first kappa shape index (κ1) is 17.6. The van der Waals surface area contributed by atoms with E-state index in [4.69, 9.17) is 4.52 Å². The van der Waals surface area contributed by atoms with Gasteiger partial charge in [0, 0.05) is 36.9 Å². The van der Waals surface area contributed by atoms with Gasteiger partial charge in [-0.05, 0) is 43.2 Å². The van der Waals surface area contributed by atoms with E-state index in [0.717, 1.165) is 29.1 Å². The van der Waals surface area contributed by atoms with Crippen LogP contribution in [0.2, 0.25) is 0 Å². The van der Waals surface area contributed by atoms with Crippen LogP contribution in [-0.2, 0) is 13.0 Å². The highest BCUT2D eigenvalue weighted by molar-refractivity contribution is 5.93. The fraction of sp³-hybridized carbons (Fsp3) is 0.263. The van der Waals surface area contributed by atoms with Gasteiger partial charge in [0.2, 0.25) is 0 Å². The number of nitrogens with one attached hydrogen (secondary N) is 2. The highest BCUT2D eigenvalue weighted by atomic mass is 16.5. The number of anilines is 1. The van der Waals surface area contributed by atoms with Crippen LogP contribution in [0, 0.1) is 0 Å². The van der Waals surface area contributed by atoms with Gasteiger partial charge in [0.25, 0.3) is 5.91 Å². The van der Waals surface area contributed by atoms with Gasteiger partial charge in [-0.15, -0.1) is 0 Å². The monoisotopic (exact) mass is 351 g/mol. The summed E-state index contributed by atoms with van der Waals surface area (Å²) in [4.78, 5) is 20.4. The van der Waals surface area contributed by atoms with Gasteiger partial charge in [0.05, 0.1) is 11.7 Å². The summed E-state index contributed by atoms with van der Waals surface area (Å²) in [5.41, 5.74) is 3.03. The highest BCUT2D eigenvalue weighted by Gasteiger charge is 2.13. The molecule has 0 fully saturated rings. The van der Waals surface area contributed by atoms with Crippen molar-refractivity contribution in [2.45, 2.75) is 32.9 Å². The fourth-order valence-electron chi connectivity index (χ4n) is 2.44. The van der Waals surface area contributed by atoms with Gasteiger partial charge in [-0.25, -0.2) is 0 Å². The lowest BCUT2D eigenvalue weighted by molar-refractivity contribution is 0.0946. The van der Waals surface area contributed by atoms with Gasteiger partial charge in [0.15, 0.2) is 5.76 Å². The molecule has 3 aromatic rings. The summed E-state index contributed by atoms with van der Waals surface area (Å²) in [6.45, 7) is 4.43. The van der Waals surface area contributed by atoms with Crippen molar-refractivity contribution < 1.29 is 9.32 Å². The lowest BCUT2D eigenvalue weighted by Gasteiger charge is -2.13. The van der Waals surface area contributed by atoms with Gasteiger partial charge < -0.3 is 15.2 Å². The van der Waals surface area contributed by atoms with E-state index in [1.807, 2.05) is 38.1 Å². The molecular formula is C19H21N5O2. The molecule has 0 radical (unpaired) electrons. The van der Waals surface area contributed by atoms with E-state index in [2.05, 4.69) is 25.8 Å². The predicted molar refractivity (Wildman–Crippen MR) is 97.6 cm³/mol. The maximum Gasteiger partial charge on any atom is 0.270 e. The van der Waals surface area contributed by atoms with E-state index in [9.17, 15) is 4.79 Å². The summed E-state index contributed by atoms with van der Waals surface area (Å²) in [5, 5.41) is 10.2. The Kier molecular flexibility index (Phi) is 5.58. The topological polar surface area (TPSA) is 92.9 Å². The fourth-order valence-corrected chi connectivity index (χ4v) is 2.44. The smallest absolute Gasteiger partial charge is 0.270 e. The second-order valence-corrected chi connectivity index (χ2v) is 5.91. The normalized spacial score (nSPS) is 11.8. The van der Waals surface area contributed by atoms with E-state index < -0.39 is 0 Å². The Labute approximate surface area is 151 Å². The van der Waals surface area contributed by atoms with E-state index >= 15 is 0 Å². The lowest BCUT2D eigenvalue weighted by atomic mass is 10.2. The molecule has 3 rings (SSSR count). The third kappa shape index (κ3) is 4.44. The molecule has 0 spiro atoms. The quantitative estimate of drug-likeness (QED) is 0.679. The minimum Gasteiger partial charge on any atom is -0.375 e. The zero-order chi connectivity index (χ0) is 18.4. The Bertz CT molecular complexity index is 863. The molecule has 7 nitrogen and oxygen atoms in total. The lowest BCUT2D eigenvalue weighted by Crippen LogP contribution is -2.24. The average Bonchev–Trinajstić information content (AvgIpc) is 3.16. The number of rotatable bonds is 7. The Morgan fingerprint density at radius 3 is 2.73 bits per heavy atom. The molecule has 0 bridgehead atoms. The van der Waals surface area contributed by atoms with Crippen molar-refractivity contribution in [1.82, 2.24) is 20.4 Å². The molecule has 3 heterocycles. The van der Waals surface area contributed by atoms with E-state index in [1.165, 1.54) is 0 Å². The molecule has 26 heavy (non-hydrogen) atoms. The Balaban J connectivity index is 1.62. The molecular weight excluding hydrogens is 330 g/mol. The number of carbonyl (C=O) groups is 1. The van der Waals surface area contributed by atoms with Crippen LogP contribution in [0.3, 0.4) is 0 Å². The van der Waals surface area contributed by atoms with Gasteiger partial charge in [-0.1, -0.05) is 12.1 Å². The minimum absolute atomic E-state index is 0.0714. The van der Waals surface area contributed by atoms with Crippen molar-refractivity contribution in [3.05, 3.63) is 71.6 Å². The molecule has 0 aliphatic heterocycles. The number of hydrogen-bond acceptors (Lipinski definition) is 6. The molecule has 1 atom stereocenters. The van der Waals surface area contributed by atoms with Gasteiger partial charge in [0.1, 0.15) is 5.69 Å². The van der Waals surface area contributed by atoms with E-state index in [1.54, 1.807) is 24.7 Å². The number of amides is 1. The summed E-state index contributed by atoms with van der Waals surface area (Å²) >= 11 is 0. The SMILES string of the molecule is CCc1cc(C(C)Nc2ccnc(C(=O)NCc3ccncc3)c2)on1. The number of aryl methyl sites for hydroxylation is 1. The second kappa shape index (κ2) is 8.24. The Hall–Kier alpha value is -3.22. The van der Waals surface area contributed by atoms with Gasteiger partial charge in [-0.2, -0.15) is 0 Å². The third-order valence-corrected chi connectivity index (χ3v) is 3.94. The number of carbonyl (C=O) groups excluding carboxylic acids is 1. The van der Waals surface area contributed by atoms with Crippen molar-refractivity contribution in [3.8, 4) is 0 Å². The van der Waals surface area contributed by atoms with Crippen LogP contribution in [-0.4, -0.2) is 21.0 Å². The average molecular weight is 351 g/mol. The van der Waals surface area contributed by atoms with E-state index in [0.29, 0.717) is 12.2 Å². The zero-order valence-electron chi connectivity index (χ0n) is 14.8. The molecule has 7 heteroatoms. The first-order valence-corrected chi connectivity index (χ1v) is 8.51. The number of aromatic nitrogens is 3. The van der Waals surface area contributed by atoms with Crippen LogP contribution >= 0.6 is 0 Å². The Morgan fingerprint density at radius 2 is 2.00 bits per heavy atom. The number of pyridine rings is 2. The van der Waals surface area contributed by atoms with Crippen LogP contribution in [0.1, 0.15) is 47.4 Å². The second-order valence-electron chi connectivity index (χ2n) is 5.91. The van der Waals surface area contributed by atoms with Crippen molar-refractivity contribution in [3.63, 3.8) is 0 Å². The molecule has 134 valence electrons. The summed E-state index contributed by atoms with van der Waals surface area (Å²) in [7, 11) is 0. The number of hydrogen-bond donors (Lipinski definition) is 2. The first-order valence-electron chi connectivity index (χ1n) is 8.51. The summed E-state index contributed by atoms with van der Waals surface area (Å²) in [6, 6.07) is 9.10. The first-order chi connectivity index (χ1) is 12.7. The van der Waals surface area contributed by atoms with Crippen molar-refractivity contribution in [1.29, 1.82) is 0 Å². The van der Waals surface area contributed by atoms with Crippen molar-refractivity contribution in [2.75, 3.05) is 5.32 Å². The predicted octanol–water partition coefficient (Wildman–Crippen LogP) is 3.13. The van der Waals surface area contributed by atoms with Crippen LogP contribution in [0.4, 0.5) is 5.69 Å².